The van der Waals surface area contributed by atoms with E-state index in [1.165, 1.54) is 19.3 Å². The van der Waals surface area contributed by atoms with E-state index in [1.54, 1.807) is 0 Å². The van der Waals surface area contributed by atoms with E-state index < -0.39 is 0 Å². The normalized spacial score (nSPS) is 19.8. The van der Waals surface area contributed by atoms with E-state index in [-0.39, 0.29) is 42.0 Å². The molecule has 1 aromatic carbocycles. The lowest BCUT2D eigenvalue weighted by molar-refractivity contribution is -0.135. The van der Waals surface area contributed by atoms with Crippen LogP contribution in [0.3, 0.4) is 0 Å². The molecule has 1 heterocycles. The fourth-order valence-corrected chi connectivity index (χ4v) is 4.36. The number of likely N-dealkylation sites (tertiary alicyclic amines) is 1. The van der Waals surface area contributed by atoms with Crippen LogP contribution in [0.1, 0.15) is 64.9 Å². The second-order valence-electron chi connectivity index (χ2n) is 8.76. The number of carbonyl (C=O) groups is 1. The highest BCUT2D eigenvalue weighted by Gasteiger charge is 2.31. The molecule has 7 heteroatoms. The number of ether oxygens (including phenoxy) is 1. The summed E-state index contributed by atoms with van der Waals surface area (Å²) in [5.74, 6) is 2.30. The molecule has 2 aliphatic rings. The second-order valence-corrected chi connectivity index (χ2v) is 8.76. The lowest BCUT2D eigenvalue weighted by Gasteiger charge is -2.26. The molecule has 1 atom stereocenters. The minimum absolute atomic E-state index is 0. The number of amides is 1. The van der Waals surface area contributed by atoms with E-state index in [4.69, 9.17) is 9.73 Å². The molecule has 6 nitrogen and oxygen atoms in total. The fraction of sp³-hybridized carbons (Fsp3) is 0.667. The van der Waals surface area contributed by atoms with Crippen LogP contribution in [0, 0.1) is 5.92 Å². The largest absolute Gasteiger partial charge is 0.491 e. The van der Waals surface area contributed by atoms with E-state index in [1.807, 2.05) is 32.0 Å². The molecule has 1 aliphatic carbocycles. The lowest BCUT2D eigenvalue weighted by atomic mass is 9.88. The molecule has 1 aromatic rings. The van der Waals surface area contributed by atoms with Crippen molar-refractivity contribution < 1.29 is 9.53 Å². The van der Waals surface area contributed by atoms with Crippen molar-refractivity contribution in [1.29, 1.82) is 0 Å². The Balaban J connectivity index is 0.00000341. The summed E-state index contributed by atoms with van der Waals surface area (Å²) in [6.45, 7) is 9.14. The molecule has 1 amide bonds. The SMILES string of the molecule is CCNC(=NCc1cccc(OC(C)C)c1)NC1CCN(C(=O)C2CCCCC2)C1.I. The van der Waals surface area contributed by atoms with Gasteiger partial charge in [0, 0.05) is 31.6 Å². The molecule has 0 radical (unpaired) electrons. The monoisotopic (exact) mass is 542 g/mol. The van der Waals surface area contributed by atoms with Gasteiger partial charge in [0.2, 0.25) is 5.91 Å². The summed E-state index contributed by atoms with van der Waals surface area (Å²) in [4.78, 5) is 19.6. The number of aliphatic imine (C=N–C) groups is 1. The van der Waals surface area contributed by atoms with Crippen LogP contribution in [-0.4, -0.2) is 48.5 Å². The third-order valence-corrected chi connectivity index (χ3v) is 5.83. The predicted molar refractivity (Wildman–Crippen MR) is 137 cm³/mol. The Kier molecular flexibility index (Phi) is 10.9. The molecule has 2 N–H and O–H groups in total. The van der Waals surface area contributed by atoms with Crippen molar-refractivity contribution in [2.45, 2.75) is 78.0 Å². The highest BCUT2D eigenvalue weighted by atomic mass is 127. The molecule has 31 heavy (non-hydrogen) atoms. The van der Waals surface area contributed by atoms with E-state index >= 15 is 0 Å². The van der Waals surface area contributed by atoms with Crippen LogP contribution in [-0.2, 0) is 11.3 Å². The number of halogens is 1. The van der Waals surface area contributed by atoms with Gasteiger partial charge in [0.25, 0.3) is 0 Å². The van der Waals surface area contributed by atoms with Crippen LogP contribution in [0.2, 0.25) is 0 Å². The maximum absolute atomic E-state index is 12.8. The summed E-state index contributed by atoms with van der Waals surface area (Å²) in [5.41, 5.74) is 1.12. The minimum atomic E-state index is 0. The zero-order valence-electron chi connectivity index (χ0n) is 19.2. The van der Waals surface area contributed by atoms with Crippen LogP contribution in [0.15, 0.2) is 29.3 Å². The standard InChI is InChI=1S/C24H38N4O2.HI/c1-4-25-24(26-16-19-9-8-12-22(15-19)30-18(2)3)27-21-13-14-28(17-21)23(29)20-10-6-5-7-11-20;/h8-9,12,15,18,20-21H,4-7,10-11,13-14,16-17H2,1-3H3,(H2,25,26,27);1H. The van der Waals surface area contributed by atoms with Gasteiger partial charge < -0.3 is 20.3 Å². The van der Waals surface area contributed by atoms with Crippen LogP contribution in [0.4, 0.5) is 0 Å². The van der Waals surface area contributed by atoms with Gasteiger partial charge in [0.05, 0.1) is 12.6 Å². The van der Waals surface area contributed by atoms with Gasteiger partial charge in [0.15, 0.2) is 5.96 Å². The number of guanidine groups is 1. The number of rotatable bonds is 7. The Morgan fingerprint density at radius 3 is 2.71 bits per heavy atom. The zero-order valence-corrected chi connectivity index (χ0v) is 21.6. The summed E-state index contributed by atoms with van der Waals surface area (Å²) in [6.07, 6.45) is 6.95. The molecular formula is C24H39IN4O2. The first-order chi connectivity index (χ1) is 14.5. The molecular weight excluding hydrogens is 503 g/mol. The molecule has 0 bridgehead atoms. The minimum Gasteiger partial charge on any atom is -0.491 e. The summed E-state index contributed by atoms with van der Waals surface area (Å²) in [5, 5.41) is 6.87. The van der Waals surface area contributed by atoms with Crippen molar-refractivity contribution in [2.75, 3.05) is 19.6 Å². The first-order valence-corrected chi connectivity index (χ1v) is 11.6. The molecule has 1 saturated heterocycles. The third kappa shape index (κ3) is 8.16. The van der Waals surface area contributed by atoms with Crippen molar-refractivity contribution in [3.05, 3.63) is 29.8 Å². The van der Waals surface area contributed by atoms with Crippen molar-refractivity contribution >= 4 is 35.8 Å². The lowest BCUT2D eigenvalue weighted by Crippen LogP contribution is -2.45. The zero-order chi connectivity index (χ0) is 21.3. The number of nitrogens with one attached hydrogen (secondary N) is 2. The van der Waals surface area contributed by atoms with E-state index in [0.29, 0.717) is 12.5 Å². The Bertz CT molecular complexity index is 719. The van der Waals surface area contributed by atoms with Gasteiger partial charge in [0.1, 0.15) is 5.75 Å². The van der Waals surface area contributed by atoms with E-state index in [0.717, 1.165) is 56.2 Å². The van der Waals surface area contributed by atoms with Gasteiger partial charge in [-0.05, 0) is 57.7 Å². The van der Waals surface area contributed by atoms with Gasteiger partial charge >= 0.3 is 0 Å². The Morgan fingerprint density at radius 2 is 2.00 bits per heavy atom. The van der Waals surface area contributed by atoms with Crippen molar-refractivity contribution in [3.8, 4) is 5.75 Å². The topological polar surface area (TPSA) is 66.0 Å². The average molecular weight is 543 g/mol. The van der Waals surface area contributed by atoms with E-state index in [9.17, 15) is 4.79 Å². The molecule has 174 valence electrons. The highest BCUT2D eigenvalue weighted by molar-refractivity contribution is 14.0. The number of carbonyl (C=O) groups excluding carboxylic acids is 1. The van der Waals surface area contributed by atoms with Crippen molar-refractivity contribution in [1.82, 2.24) is 15.5 Å². The van der Waals surface area contributed by atoms with E-state index in [2.05, 4.69) is 28.5 Å². The quantitative estimate of drug-likeness (QED) is 0.306. The maximum atomic E-state index is 12.8. The van der Waals surface area contributed by atoms with Crippen LogP contribution in [0.25, 0.3) is 0 Å². The Labute approximate surface area is 204 Å². The number of hydrogen-bond donors (Lipinski definition) is 2. The molecule has 3 rings (SSSR count). The predicted octanol–water partition coefficient (Wildman–Crippen LogP) is 4.33. The van der Waals surface area contributed by atoms with Crippen molar-refractivity contribution in [3.63, 3.8) is 0 Å². The summed E-state index contributed by atoms with van der Waals surface area (Å²) >= 11 is 0. The second kappa shape index (κ2) is 13.1. The molecule has 0 aromatic heterocycles. The fourth-order valence-electron chi connectivity index (χ4n) is 4.36. The molecule has 1 unspecified atom stereocenters. The van der Waals surface area contributed by atoms with Gasteiger partial charge in [-0.3, -0.25) is 4.79 Å². The molecule has 0 spiro atoms. The Morgan fingerprint density at radius 1 is 1.23 bits per heavy atom. The average Bonchev–Trinajstić information content (AvgIpc) is 3.20. The highest BCUT2D eigenvalue weighted by Crippen LogP contribution is 2.26. The van der Waals surface area contributed by atoms with Crippen LogP contribution >= 0.6 is 24.0 Å². The van der Waals surface area contributed by atoms with Gasteiger partial charge in [-0.15, -0.1) is 24.0 Å². The summed E-state index contributed by atoms with van der Waals surface area (Å²) < 4.78 is 5.78. The Hall–Kier alpha value is -1.51. The summed E-state index contributed by atoms with van der Waals surface area (Å²) in [6, 6.07) is 8.36. The molecule has 1 saturated carbocycles. The molecule has 2 fully saturated rings. The third-order valence-electron chi connectivity index (χ3n) is 5.83. The maximum Gasteiger partial charge on any atom is 0.225 e. The summed E-state index contributed by atoms with van der Waals surface area (Å²) in [7, 11) is 0. The number of benzene rings is 1. The van der Waals surface area contributed by atoms with Crippen molar-refractivity contribution in [2.24, 2.45) is 10.9 Å². The number of hydrogen-bond acceptors (Lipinski definition) is 3. The van der Waals surface area contributed by atoms with Gasteiger partial charge in [-0.2, -0.15) is 0 Å². The van der Waals surface area contributed by atoms with Gasteiger partial charge in [-0.25, -0.2) is 4.99 Å². The smallest absolute Gasteiger partial charge is 0.225 e. The first kappa shape index (κ1) is 25.7. The van der Waals surface area contributed by atoms with Crippen LogP contribution < -0.4 is 15.4 Å². The van der Waals surface area contributed by atoms with Gasteiger partial charge in [-0.1, -0.05) is 31.4 Å². The molecule has 1 aliphatic heterocycles. The van der Waals surface area contributed by atoms with Crippen LogP contribution in [0.5, 0.6) is 5.75 Å². The number of nitrogens with zero attached hydrogens (tertiary/aromatic N) is 2. The first-order valence-electron chi connectivity index (χ1n) is 11.6.